The van der Waals surface area contributed by atoms with E-state index in [2.05, 4.69) is 4.98 Å². The Morgan fingerprint density at radius 3 is 2.43 bits per heavy atom. The lowest BCUT2D eigenvalue weighted by Crippen LogP contribution is -2.04. The van der Waals surface area contributed by atoms with Gasteiger partial charge in [0.2, 0.25) is 0 Å². The Morgan fingerprint density at radius 1 is 1.13 bits per heavy atom. The second kappa shape index (κ2) is 5.66. The van der Waals surface area contributed by atoms with Crippen LogP contribution in [-0.4, -0.2) is 16.1 Å². The molecule has 0 radical (unpaired) electrons. The zero-order chi connectivity index (χ0) is 16.6. The van der Waals surface area contributed by atoms with E-state index in [1.54, 1.807) is 6.07 Å². The van der Waals surface area contributed by atoms with Gasteiger partial charge in [0.1, 0.15) is 0 Å². The van der Waals surface area contributed by atoms with E-state index in [0.717, 1.165) is 27.4 Å². The van der Waals surface area contributed by atoms with Gasteiger partial charge in [0.25, 0.3) is 0 Å². The Labute approximate surface area is 133 Å². The van der Waals surface area contributed by atoms with Crippen LogP contribution in [0.15, 0.2) is 42.5 Å². The van der Waals surface area contributed by atoms with Gasteiger partial charge in [-0.1, -0.05) is 12.1 Å². The predicted molar refractivity (Wildman–Crippen MR) is 80.8 cm³/mol. The summed E-state index contributed by atoms with van der Waals surface area (Å²) in [5.74, 6) is -1.02. The van der Waals surface area contributed by atoms with Gasteiger partial charge in [0, 0.05) is 6.42 Å². The maximum absolute atomic E-state index is 12.5. The number of nitrogens with zero attached hydrogens (tertiary/aromatic N) is 1. The fourth-order valence-electron chi connectivity index (χ4n) is 2.17. The largest absolute Gasteiger partial charge is 0.478 e. The first kappa shape index (κ1) is 15.5. The lowest BCUT2D eigenvalue weighted by atomic mass is 10.1. The normalized spacial score (nSPS) is 11.8. The second-order valence-electron chi connectivity index (χ2n) is 4.97. The molecule has 7 heteroatoms. The highest BCUT2D eigenvalue weighted by atomic mass is 32.1. The highest BCUT2D eigenvalue weighted by molar-refractivity contribution is 7.18. The minimum Gasteiger partial charge on any atom is -0.478 e. The van der Waals surface area contributed by atoms with Gasteiger partial charge in [0.05, 0.1) is 26.4 Å². The number of hydrogen-bond acceptors (Lipinski definition) is 3. The van der Waals surface area contributed by atoms with Crippen LogP contribution < -0.4 is 0 Å². The molecule has 0 atom stereocenters. The molecule has 0 aliphatic heterocycles. The Morgan fingerprint density at radius 2 is 1.83 bits per heavy atom. The summed E-state index contributed by atoms with van der Waals surface area (Å²) in [6.07, 6.45) is -3.94. The maximum atomic E-state index is 12.5. The van der Waals surface area contributed by atoms with Gasteiger partial charge in [-0.3, -0.25) is 0 Å². The number of halogens is 3. The van der Waals surface area contributed by atoms with E-state index in [4.69, 9.17) is 5.11 Å². The van der Waals surface area contributed by atoms with Crippen molar-refractivity contribution in [3.05, 3.63) is 64.2 Å². The third kappa shape index (κ3) is 3.34. The van der Waals surface area contributed by atoms with Gasteiger partial charge in [-0.25, -0.2) is 9.78 Å². The van der Waals surface area contributed by atoms with Gasteiger partial charge in [0.15, 0.2) is 0 Å². The van der Waals surface area contributed by atoms with E-state index in [1.807, 2.05) is 0 Å². The standard InChI is InChI=1S/C16H10F3NO2S/c17-16(18,19)11-4-1-9(2-5-11)7-14-20-12-8-10(15(21)22)3-6-13(12)23-14/h1-6,8H,7H2,(H,21,22). The number of aromatic carboxylic acids is 1. The minimum atomic E-state index is -4.35. The van der Waals surface area contributed by atoms with Crippen molar-refractivity contribution in [3.63, 3.8) is 0 Å². The van der Waals surface area contributed by atoms with Crippen molar-refractivity contribution in [2.75, 3.05) is 0 Å². The number of carboxylic acid groups (broad SMARTS) is 1. The summed E-state index contributed by atoms with van der Waals surface area (Å²) in [6, 6.07) is 9.63. The molecule has 0 saturated heterocycles. The topological polar surface area (TPSA) is 50.2 Å². The van der Waals surface area contributed by atoms with Crippen molar-refractivity contribution in [1.29, 1.82) is 0 Å². The summed E-state index contributed by atoms with van der Waals surface area (Å²) in [5.41, 5.74) is 0.771. The number of rotatable bonds is 3. The van der Waals surface area contributed by atoms with Gasteiger partial charge < -0.3 is 5.11 Å². The summed E-state index contributed by atoms with van der Waals surface area (Å²) in [4.78, 5) is 15.3. The van der Waals surface area contributed by atoms with E-state index in [1.165, 1.54) is 35.6 Å². The smallest absolute Gasteiger partial charge is 0.416 e. The Kier molecular flexibility index (Phi) is 3.81. The zero-order valence-electron chi connectivity index (χ0n) is 11.6. The molecule has 3 aromatic rings. The summed E-state index contributed by atoms with van der Waals surface area (Å²) >= 11 is 1.40. The third-order valence-corrected chi connectivity index (χ3v) is 4.35. The Bertz CT molecular complexity index is 869. The van der Waals surface area contributed by atoms with Crippen molar-refractivity contribution in [1.82, 2.24) is 4.98 Å². The number of thiazole rings is 1. The van der Waals surface area contributed by atoms with Crippen molar-refractivity contribution in [3.8, 4) is 0 Å². The Hall–Kier alpha value is -2.41. The van der Waals surface area contributed by atoms with Crippen LogP contribution in [0.5, 0.6) is 0 Å². The summed E-state index contributed by atoms with van der Waals surface area (Å²) in [7, 11) is 0. The summed E-state index contributed by atoms with van der Waals surface area (Å²) in [6.45, 7) is 0. The molecule has 0 aliphatic carbocycles. The number of carboxylic acids is 1. The molecule has 0 bridgehead atoms. The molecule has 0 unspecified atom stereocenters. The molecule has 0 saturated carbocycles. The first-order valence-electron chi connectivity index (χ1n) is 6.62. The number of aromatic nitrogens is 1. The van der Waals surface area contributed by atoms with E-state index in [-0.39, 0.29) is 5.56 Å². The second-order valence-corrected chi connectivity index (χ2v) is 6.08. The highest BCUT2D eigenvalue weighted by Crippen LogP contribution is 2.30. The average Bonchev–Trinajstić information content (AvgIpc) is 2.87. The van der Waals surface area contributed by atoms with Crippen LogP contribution in [0, 0.1) is 0 Å². The molecule has 0 aliphatic rings. The van der Waals surface area contributed by atoms with Crippen LogP contribution in [0.1, 0.15) is 26.5 Å². The number of benzene rings is 2. The van der Waals surface area contributed by atoms with Crippen LogP contribution in [0.4, 0.5) is 13.2 Å². The third-order valence-electron chi connectivity index (χ3n) is 3.32. The van der Waals surface area contributed by atoms with Gasteiger partial charge in [-0.2, -0.15) is 13.2 Å². The fourth-order valence-corrected chi connectivity index (χ4v) is 3.15. The molecule has 3 nitrogen and oxygen atoms in total. The quantitative estimate of drug-likeness (QED) is 0.760. The monoisotopic (exact) mass is 337 g/mol. The number of hydrogen-bond donors (Lipinski definition) is 1. The van der Waals surface area contributed by atoms with E-state index in [0.29, 0.717) is 11.9 Å². The average molecular weight is 337 g/mol. The first-order chi connectivity index (χ1) is 10.8. The molecule has 1 N–H and O–H groups in total. The first-order valence-corrected chi connectivity index (χ1v) is 7.43. The van der Waals surface area contributed by atoms with Gasteiger partial charge in [-0.15, -0.1) is 11.3 Å². The highest BCUT2D eigenvalue weighted by Gasteiger charge is 2.29. The lowest BCUT2D eigenvalue weighted by Gasteiger charge is -2.06. The van der Waals surface area contributed by atoms with Gasteiger partial charge in [-0.05, 0) is 35.9 Å². The van der Waals surface area contributed by atoms with Gasteiger partial charge >= 0.3 is 12.1 Å². The summed E-state index contributed by atoms with van der Waals surface area (Å²) in [5, 5.41) is 9.69. The van der Waals surface area contributed by atoms with E-state index < -0.39 is 17.7 Å². The SMILES string of the molecule is O=C(O)c1ccc2sc(Cc3ccc(C(F)(F)F)cc3)nc2c1. The molecule has 23 heavy (non-hydrogen) atoms. The molecular weight excluding hydrogens is 327 g/mol. The van der Waals surface area contributed by atoms with Crippen LogP contribution in [0.25, 0.3) is 10.2 Å². The molecule has 3 rings (SSSR count). The maximum Gasteiger partial charge on any atom is 0.416 e. The fraction of sp³-hybridized carbons (Fsp3) is 0.125. The van der Waals surface area contributed by atoms with E-state index >= 15 is 0 Å². The number of alkyl halides is 3. The number of fused-ring (bicyclic) bond motifs is 1. The molecule has 0 amide bonds. The van der Waals surface area contributed by atoms with Crippen molar-refractivity contribution >= 4 is 27.5 Å². The van der Waals surface area contributed by atoms with Crippen molar-refractivity contribution in [2.45, 2.75) is 12.6 Å². The summed E-state index contributed by atoms with van der Waals surface area (Å²) < 4.78 is 38.4. The molecule has 118 valence electrons. The molecular formula is C16H10F3NO2S. The minimum absolute atomic E-state index is 0.156. The lowest BCUT2D eigenvalue weighted by molar-refractivity contribution is -0.137. The van der Waals surface area contributed by atoms with E-state index in [9.17, 15) is 18.0 Å². The van der Waals surface area contributed by atoms with Crippen LogP contribution >= 0.6 is 11.3 Å². The van der Waals surface area contributed by atoms with Crippen LogP contribution in [0.3, 0.4) is 0 Å². The van der Waals surface area contributed by atoms with Crippen molar-refractivity contribution in [2.24, 2.45) is 0 Å². The van der Waals surface area contributed by atoms with Crippen LogP contribution in [-0.2, 0) is 12.6 Å². The van der Waals surface area contributed by atoms with Crippen molar-refractivity contribution < 1.29 is 23.1 Å². The molecule has 1 aromatic heterocycles. The zero-order valence-corrected chi connectivity index (χ0v) is 12.4. The van der Waals surface area contributed by atoms with Crippen LogP contribution in [0.2, 0.25) is 0 Å². The molecule has 0 fully saturated rings. The molecule has 1 heterocycles. The Balaban J connectivity index is 1.85. The molecule has 2 aromatic carbocycles. The molecule has 0 spiro atoms. The number of carbonyl (C=O) groups is 1. The predicted octanol–water partition coefficient (Wildman–Crippen LogP) is 4.60.